The van der Waals surface area contributed by atoms with Crippen molar-refractivity contribution in [2.45, 2.75) is 25.7 Å². The number of hydrogen-bond donors (Lipinski definition) is 1. The second kappa shape index (κ2) is 4.45. The lowest BCUT2D eigenvalue weighted by molar-refractivity contribution is 0.432. The Hall–Kier alpha value is -0.340. The van der Waals surface area contributed by atoms with E-state index in [-0.39, 0.29) is 0 Å². The molecule has 0 saturated heterocycles. The molecular weight excluding hydrogens is 238 g/mol. The summed E-state index contributed by atoms with van der Waals surface area (Å²) in [5.41, 5.74) is 8.64. The fraction of sp³-hybridized carbons (Fsp3) is 0.500. The first-order valence-electron chi connectivity index (χ1n) is 5.27. The molecule has 2 rings (SSSR count). The van der Waals surface area contributed by atoms with E-state index in [2.05, 4.69) is 34.1 Å². The van der Waals surface area contributed by atoms with Crippen molar-refractivity contribution in [2.24, 2.45) is 11.7 Å². The normalized spacial score (nSPS) is 20.6. The van der Waals surface area contributed by atoms with Crippen molar-refractivity contribution in [3.63, 3.8) is 0 Å². The van der Waals surface area contributed by atoms with Gasteiger partial charge in [0.05, 0.1) is 0 Å². The minimum Gasteiger partial charge on any atom is -0.330 e. The molecule has 1 nitrogen and oxygen atoms in total. The second-order valence-electron chi connectivity index (χ2n) is 4.06. The van der Waals surface area contributed by atoms with Gasteiger partial charge in [0.25, 0.3) is 0 Å². The Bertz CT molecular complexity index is 322. The number of aryl methyl sites for hydroxylation is 1. The van der Waals surface area contributed by atoms with E-state index in [1.165, 1.54) is 41.3 Å². The van der Waals surface area contributed by atoms with Crippen LogP contribution in [0, 0.1) is 5.92 Å². The fourth-order valence-electron chi connectivity index (χ4n) is 2.30. The van der Waals surface area contributed by atoms with Crippen molar-refractivity contribution in [3.05, 3.63) is 33.8 Å². The molecule has 2 N–H and O–H groups in total. The average Bonchev–Trinajstić information content (AvgIpc) is 2.20. The molecule has 0 spiro atoms. The van der Waals surface area contributed by atoms with Gasteiger partial charge in [-0.3, -0.25) is 0 Å². The highest BCUT2D eigenvalue weighted by atomic mass is 79.9. The molecule has 1 atom stereocenters. The van der Waals surface area contributed by atoms with E-state index in [0.717, 1.165) is 12.5 Å². The van der Waals surface area contributed by atoms with Gasteiger partial charge in [-0.15, -0.1) is 0 Å². The van der Waals surface area contributed by atoms with Gasteiger partial charge in [0.15, 0.2) is 0 Å². The lowest BCUT2D eigenvalue weighted by atomic mass is 9.82. The van der Waals surface area contributed by atoms with Gasteiger partial charge in [0.1, 0.15) is 0 Å². The van der Waals surface area contributed by atoms with Crippen molar-refractivity contribution >= 4 is 15.9 Å². The fourth-order valence-corrected chi connectivity index (χ4v) is 2.87. The van der Waals surface area contributed by atoms with Crippen LogP contribution < -0.4 is 5.73 Å². The molecule has 0 aromatic heterocycles. The van der Waals surface area contributed by atoms with Crippen LogP contribution in [0.5, 0.6) is 0 Å². The van der Waals surface area contributed by atoms with E-state index in [1.807, 2.05) is 0 Å². The van der Waals surface area contributed by atoms with Crippen LogP contribution in [0.25, 0.3) is 0 Å². The third kappa shape index (κ3) is 2.01. The van der Waals surface area contributed by atoms with Crippen LogP contribution in [-0.2, 0) is 12.8 Å². The highest BCUT2D eigenvalue weighted by Gasteiger charge is 2.19. The molecule has 76 valence electrons. The third-order valence-electron chi connectivity index (χ3n) is 3.11. The van der Waals surface area contributed by atoms with Gasteiger partial charge in [-0.2, -0.15) is 0 Å². The van der Waals surface area contributed by atoms with Crippen LogP contribution in [0.3, 0.4) is 0 Å². The molecular formula is C12H16BrN. The SMILES string of the molecule is NCCC1CCc2cccc(Br)c2C1. The number of hydrogen-bond acceptors (Lipinski definition) is 1. The van der Waals surface area contributed by atoms with Crippen LogP contribution in [0.4, 0.5) is 0 Å². The zero-order chi connectivity index (χ0) is 9.97. The maximum Gasteiger partial charge on any atom is 0.0210 e. The molecule has 1 aromatic rings. The Kier molecular flexibility index (Phi) is 3.24. The topological polar surface area (TPSA) is 26.0 Å². The van der Waals surface area contributed by atoms with Crippen molar-refractivity contribution in [2.75, 3.05) is 6.54 Å². The highest BCUT2D eigenvalue weighted by Crippen LogP contribution is 2.31. The van der Waals surface area contributed by atoms with Crippen LogP contribution in [0.1, 0.15) is 24.0 Å². The minimum absolute atomic E-state index is 0.797. The largest absolute Gasteiger partial charge is 0.330 e. The smallest absolute Gasteiger partial charge is 0.0210 e. The molecule has 14 heavy (non-hydrogen) atoms. The van der Waals surface area contributed by atoms with E-state index in [9.17, 15) is 0 Å². The molecule has 1 aliphatic carbocycles. The van der Waals surface area contributed by atoms with Crippen LogP contribution in [0.2, 0.25) is 0 Å². The number of fused-ring (bicyclic) bond motifs is 1. The van der Waals surface area contributed by atoms with E-state index >= 15 is 0 Å². The lowest BCUT2D eigenvalue weighted by Gasteiger charge is -2.25. The van der Waals surface area contributed by atoms with Gasteiger partial charge in [-0.1, -0.05) is 28.1 Å². The Morgan fingerprint density at radius 3 is 3.07 bits per heavy atom. The van der Waals surface area contributed by atoms with Gasteiger partial charge in [0, 0.05) is 4.47 Å². The molecule has 0 aliphatic heterocycles. The number of rotatable bonds is 2. The Morgan fingerprint density at radius 1 is 1.43 bits per heavy atom. The first-order chi connectivity index (χ1) is 6.81. The van der Waals surface area contributed by atoms with Gasteiger partial charge in [0.2, 0.25) is 0 Å². The predicted octanol–water partition coefficient (Wildman–Crippen LogP) is 2.90. The van der Waals surface area contributed by atoms with Crippen molar-refractivity contribution in [1.82, 2.24) is 0 Å². The molecule has 0 fully saturated rings. The maximum atomic E-state index is 5.61. The number of halogens is 1. The van der Waals surface area contributed by atoms with E-state index in [0.29, 0.717) is 0 Å². The number of benzene rings is 1. The zero-order valence-electron chi connectivity index (χ0n) is 8.30. The molecule has 0 heterocycles. The van der Waals surface area contributed by atoms with E-state index in [1.54, 1.807) is 0 Å². The quantitative estimate of drug-likeness (QED) is 0.862. The molecule has 1 unspecified atom stereocenters. The summed E-state index contributed by atoms with van der Waals surface area (Å²) in [4.78, 5) is 0. The minimum atomic E-state index is 0.797. The van der Waals surface area contributed by atoms with E-state index in [4.69, 9.17) is 5.73 Å². The van der Waals surface area contributed by atoms with Crippen LogP contribution in [-0.4, -0.2) is 6.54 Å². The molecule has 0 amide bonds. The van der Waals surface area contributed by atoms with E-state index < -0.39 is 0 Å². The van der Waals surface area contributed by atoms with Gasteiger partial charge in [-0.05, 0) is 55.3 Å². The summed E-state index contributed by atoms with van der Waals surface area (Å²) in [5.74, 6) is 0.797. The standard InChI is InChI=1S/C12H16BrN/c13-12-3-1-2-10-5-4-9(6-7-14)8-11(10)12/h1-3,9H,4-8,14H2. The first-order valence-corrected chi connectivity index (χ1v) is 6.07. The summed E-state index contributed by atoms with van der Waals surface area (Å²) in [7, 11) is 0. The van der Waals surface area contributed by atoms with Gasteiger partial charge < -0.3 is 5.73 Å². The Balaban J connectivity index is 2.20. The summed E-state index contributed by atoms with van der Waals surface area (Å²) in [5, 5.41) is 0. The summed E-state index contributed by atoms with van der Waals surface area (Å²) in [6.45, 7) is 0.824. The summed E-state index contributed by atoms with van der Waals surface area (Å²) in [6.07, 6.45) is 4.90. The van der Waals surface area contributed by atoms with Crippen LogP contribution in [0.15, 0.2) is 22.7 Å². The highest BCUT2D eigenvalue weighted by molar-refractivity contribution is 9.10. The molecule has 0 saturated carbocycles. The Morgan fingerprint density at radius 2 is 2.29 bits per heavy atom. The van der Waals surface area contributed by atoms with Crippen molar-refractivity contribution in [3.8, 4) is 0 Å². The molecule has 1 aromatic carbocycles. The lowest BCUT2D eigenvalue weighted by Crippen LogP contribution is -2.17. The molecule has 0 radical (unpaired) electrons. The molecule has 2 heteroatoms. The number of nitrogens with two attached hydrogens (primary N) is 1. The summed E-state index contributed by atoms with van der Waals surface area (Å²) >= 11 is 3.63. The summed E-state index contributed by atoms with van der Waals surface area (Å²) < 4.78 is 1.27. The third-order valence-corrected chi connectivity index (χ3v) is 3.85. The van der Waals surface area contributed by atoms with Crippen molar-refractivity contribution in [1.29, 1.82) is 0 Å². The van der Waals surface area contributed by atoms with Gasteiger partial charge in [-0.25, -0.2) is 0 Å². The van der Waals surface area contributed by atoms with Gasteiger partial charge >= 0.3 is 0 Å². The maximum absolute atomic E-state index is 5.61. The Labute approximate surface area is 93.8 Å². The van der Waals surface area contributed by atoms with Crippen LogP contribution >= 0.6 is 15.9 Å². The molecule has 1 aliphatic rings. The molecule has 0 bridgehead atoms. The van der Waals surface area contributed by atoms with Crippen molar-refractivity contribution < 1.29 is 0 Å². The average molecular weight is 254 g/mol. The first kappa shape index (κ1) is 10.2. The zero-order valence-corrected chi connectivity index (χ0v) is 9.89. The second-order valence-corrected chi connectivity index (χ2v) is 4.92. The monoisotopic (exact) mass is 253 g/mol. The summed E-state index contributed by atoms with van der Waals surface area (Å²) in [6, 6.07) is 6.52. The predicted molar refractivity (Wildman–Crippen MR) is 63.3 cm³/mol.